The zero-order valence-electron chi connectivity index (χ0n) is 16.2. The molecule has 0 aliphatic carbocycles. The van der Waals surface area contributed by atoms with Crippen LogP contribution in [-0.2, 0) is 17.6 Å². The van der Waals surface area contributed by atoms with Crippen LogP contribution in [0, 0.1) is 6.92 Å². The lowest BCUT2D eigenvalue weighted by molar-refractivity contribution is -0.120. The van der Waals surface area contributed by atoms with Crippen LogP contribution in [0.2, 0.25) is 0 Å². The van der Waals surface area contributed by atoms with Crippen molar-refractivity contribution < 1.29 is 9.21 Å². The van der Waals surface area contributed by atoms with Crippen LogP contribution in [-0.4, -0.2) is 27.2 Å². The monoisotopic (exact) mass is 386 g/mol. The Bertz CT molecular complexity index is 1080. The average Bonchev–Trinajstić information content (AvgIpc) is 3.36. The summed E-state index contributed by atoms with van der Waals surface area (Å²) >= 11 is 0. The van der Waals surface area contributed by atoms with E-state index in [4.69, 9.17) is 4.42 Å². The molecule has 0 atom stereocenters. The first-order valence-corrected chi connectivity index (χ1v) is 9.56. The number of carbonyl (C=O) groups is 1. The maximum Gasteiger partial charge on any atom is 0.226 e. The lowest BCUT2D eigenvalue weighted by atomic mass is 10.2. The molecule has 4 aromatic rings. The van der Waals surface area contributed by atoms with Gasteiger partial charge in [0.25, 0.3) is 0 Å². The molecule has 1 N–H and O–H groups in total. The van der Waals surface area contributed by atoms with E-state index in [1.165, 1.54) is 0 Å². The van der Waals surface area contributed by atoms with E-state index in [0.717, 1.165) is 16.8 Å². The Morgan fingerprint density at radius 2 is 1.79 bits per heavy atom. The van der Waals surface area contributed by atoms with Gasteiger partial charge in [-0.2, -0.15) is 5.10 Å². The van der Waals surface area contributed by atoms with E-state index in [9.17, 15) is 4.79 Å². The third-order valence-corrected chi connectivity index (χ3v) is 4.63. The highest BCUT2D eigenvalue weighted by molar-refractivity contribution is 5.78. The number of oxazole rings is 1. The molecule has 1 amide bonds. The largest absolute Gasteiger partial charge is 0.441 e. The number of hydrogen-bond donors (Lipinski definition) is 1. The van der Waals surface area contributed by atoms with Crippen LogP contribution in [0.5, 0.6) is 0 Å². The van der Waals surface area contributed by atoms with Crippen LogP contribution < -0.4 is 5.32 Å². The van der Waals surface area contributed by atoms with Crippen molar-refractivity contribution in [3.8, 4) is 17.1 Å². The van der Waals surface area contributed by atoms with Crippen LogP contribution in [0.1, 0.15) is 17.0 Å². The van der Waals surface area contributed by atoms with E-state index in [-0.39, 0.29) is 12.3 Å². The third-order valence-electron chi connectivity index (χ3n) is 4.63. The van der Waals surface area contributed by atoms with E-state index in [1.807, 2.05) is 84.7 Å². The number of nitrogens with one attached hydrogen (secondary N) is 1. The summed E-state index contributed by atoms with van der Waals surface area (Å²) in [5, 5.41) is 7.32. The molecule has 0 saturated heterocycles. The number of aromatic nitrogens is 3. The SMILES string of the molecule is Cc1oc(-c2ccccc2)nc1CC(=O)NCCc1cnn(-c2ccccc2)c1. The van der Waals surface area contributed by atoms with Crippen molar-refractivity contribution >= 4 is 5.91 Å². The summed E-state index contributed by atoms with van der Waals surface area (Å²) in [5.74, 6) is 1.14. The number of aryl methyl sites for hydroxylation is 1. The minimum absolute atomic E-state index is 0.0727. The average molecular weight is 386 g/mol. The number of amides is 1. The second-order valence-corrected chi connectivity index (χ2v) is 6.79. The number of benzene rings is 2. The van der Waals surface area contributed by atoms with Crippen LogP contribution in [0.25, 0.3) is 17.1 Å². The van der Waals surface area contributed by atoms with Gasteiger partial charge < -0.3 is 9.73 Å². The van der Waals surface area contributed by atoms with Gasteiger partial charge in [0.1, 0.15) is 5.76 Å². The molecule has 2 aromatic heterocycles. The van der Waals surface area contributed by atoms with E-state index in [0.29, 0.717) is 30.3 Å². The molecule has 0 aliphatic heterocycles. The zero-order chi connectivity index (χ0) is 20.1. The smallest absolute Gasteiger partial charge is 0.226 e. The first-order chi connectivity index (χ1) is 14.2. The third kappa shape index (κ3) is 4.60. The van der Waals surface area contributed by atoms with Crippen molar-refractivity contribution in [3.63, 3.8) is 0 Å². The number of rotatable bonds is 7. The van der Waals surface area contributed by atoms with E-state index in [1.54, 1.807) is 0 Å². The number of para-hydroxylation sites is 1. The van der Waals surface area contributed by atoms with Gasteiger partial charge in [0.2, 0.25) is 11.8 Å². The lowest BCUT2D eigenvalue weighted by Crippen LogP contribution is -2.27. The minimum atomic E-state index is -0.0727. The van der Waals surface area contributed by atoms with Gasteiger partial charge in [0.05, 0.1) is 24.0 Å². The Kier molecular flexibility index (Phi) is 5.52. The van der Waals surface area contributed by atoms with Gasteiger partial charge in [-0.3, -0.25) is 4.79 Å². The summed E-state index contributed by atoms with van der Waals surface area (Å²) in [6.07, 6.45) is 4.72. The molecule has 2 heterocycles. The first kappa shape index (κ1) is 18.7. The highest BCUT2D eigenvalue weighted by Crippen LogP contribution is 2.21. The molecule has 29 heavy (non-hydrogen) atoms. The van der Waals surface area contributed by atoms with Gasteiger partial charge >= 0.3 is 0 Å². The van der Waals surface area contributed by atoms with Crippen molar-refractivity contribution in [2.45, 2.75) is 19.8 Å². The van der Waals surface area contributed by atoms with Crippen LogP contribution >= 0.6 is 0 Å². The fraction of sp³-hybridized carbons (Fsp3) is 0.174. The van der Waals surface area contributed by atoms with Crippen molar-refractivity contribution in [2.24, 2.45) is 0 Å². The lowest BCUT2D eigenvalue weighted by Gasteiger charge is -2.03. The predicted molar refractivity (Wildman–Crippen MR) is 111 cm³/mol. The van der Waals surface area contributed by atoms with Crippen molar-refractivity contribution in [2.75, 3.05) is 6.54 Å². The van der Waals surface area contributed by atoms with E-state index < -0.39 is 0 Å². The Balaban J connectivity index is 1.30. The topological polar surface area (TPSA) is 73.0 Å². The van der Waals surface area contributed by atoms with Gasteiger partial charge in [-0.1, -0.05) is 36.4 Å². The molecule has 0 unspecified atom stereocenters. The van der Waals surface area contributed by atoms with Crippen molar-refractivity contribution in [3.05, 3.63) is 90.1 Å². The molecule has 6 heteroatoms. The molecule has 0 radical (unpaired) electrons. The van der Waals surface area contributed by atoms with Crippen LogP contribution in [0.3, 0.4) is 0 Å². The second kappa shape index (κ2) is 8.56. The summed E-state index contributed by atoms with van der Waals surface area (Å²) in [6, 6.07) is 19.6. The maximum atomic E-state index is 12.3. The number of carbonyl (C=O) groups excluding carboxylic acids is 1. The summed E-state index contributed by atoms with van der Waals surface area (Å²) in [7, 11) is 0. The Morgan fingerprint density at radius 3 is 2.55 bits per heavy atom. The summed E-state index contributed by atoms with van der Waals surface area (Å²) < 4.78 is 7.55. The van der Waals surface area contributed by atoms with E-state index >= 15 is 0 Å². The van der Waals surface area contributed by atoms with Crippen LogP contribution in [0.4, 0.5) is 0 Å². The molecule has 0 bridgehead atoms. The Morgan fingerprint density at radius 1 is 1.07 bits per heavy atom. The highest BCUT2D eigenvalue weighted by atomic mass is 16.4. The highest BCUT2D eigenvalue weighted by Gasteiger charge is 2.14. The van der Waals surface area contributed by atoms with Crippen molar-refractivity contribution in [1.29, 1.82) is 0 Å². The normalized spacial score (nSPS) is 10.8. The van der Waals surface area contributed by atoms with E-state index in [2.05, 4.69) is 15.4 Å². The molecule has 4 rings (SSSR count). The fourth-order valence-corrected chi connectivity index (χ4v) is 3.07. The van der Waals surface area contributed by atoms with Gasteiger partial charge in [-0.05, 0) is 43.2 Å². The fourth-order valence-electron chi connectivity index (χ4n) is 3.07. The molecule has 0 aliphatic rings. The second-order valence-electron chi connectivity index (χ2n) is 6.79. The molecule has 0 spiro atoms. The minimum Gasteiger partial charge on any atom is -0.441 e. The van der Waals surface area contributed by atoms with Gasteiger partial charge in [0.15, 0.2) is 0 Å². The Hall–Kier alpha value is -3.67. The van der Waals surface area contributed by atoms with Gasteiger partial charge in [-0.25, -0.2) is 9.67 Å². The zero-order valence-corrected chi connectivity index (χ0v) is 16.2. The predicted octanol–water partition coefficient (Wildman–Crippen LogP) is 3.74. The molecule has 6 nitrogen and oxygen atoms in total. The van der Waals surface area contributed by atoms with Crippen molar-refractivity contribution in [1.82, 2.24) is 20.1 Å². The molecule has 2 aromatic carbocycles. The standard InChI is InChI=1S/C23H22N4O2/c1-17-21(26-23(29-17)19-8-4-2-5-9-19)14-22(28)24-13-12-18-15-25-27(16-18)20-10-6-3-7-11-20/h2-11,15-16H,12-14H2,1H3,(H,24,28). The van der Waals surface area contributed by atoms with Gasteiger partial charge in [-0.15, -0.1) is 0 Å². The molecular formula is C23H22N4O2. The molecule has 146 valence electrons. The van der Waals surface area contributed by atoms with Gasteiger partial charge in [0, 0.05) is 18.3 Å². The Labute approximate surface area is 169 Å². The summed E-state index contributed by atoms with van der Waals surface area (Å²) in [6.45, 7) is 2.38. The summed E-state index contributed by atoms with van der Waals surface area (Å²) in [5.41, 5.74) is 3.65. The number of hydrogen-bond acceptors (Lipinski definition) is 4. The quantitative estimate of drug-likeness (QED) is 0.525. The maximum absolute atomic E-state index is 12.3. The molecule has 0 fully saturated rings. The summed E-state index contributed by atoms with van der Waals surface area (Å²) in [4.78, 5) is 16.8. The number of nitrogens with zero attached hydrogens (tertiary/aromatic N) is 3. The molecular weight excluding hydrogens is 364 g/mol. The molecule has 0 saturated carbocycles. The first-order valence-electron chi connectivity index (χ1n) is 9.56. The van der Waals surface area contributed by atoms with Crippen LogP contribution in [0.15, 0.2) is 77.5 Å².